The first-order valence-electron chi connectivity index (χ1n) is 9.68. The van der Waals surface area contributed by atoms with Gasteiger partial charge in [0.15, 0.2) is 16.0 Å². The molecule has 2 heterocycles. The minimum atomic E-state index is -0.738. The second-order valence-corrected chi connectivity index (χ2v) is 9.14. The van der Waals surface area contributed by atoms with Crippen LogP contribution in [0.2, 0.25) is 0 Å². The van der Waals surface area contributed by atoms with Gasteiger partial charge in [-0.1, -0.05) is 52.9 Å². The molecule has 2 aromatic carbocycles. The maximum absolute atomic E-state index is 13.9. The van der Waals surface area contributed by atoms with Gasteiger partial charge in [-0.05, 0) is 24.6 Å². The van der Waals surface area contributed by atoms with Crippen LogP contribution < -0.4 is 5.32 Å². The Morgan fingerprint density at radius 3 is 2.75 bits per heavy atom. The molecule has 4 aromatic rings. The molecule has 32 heavy (non-hydrogen) atoms. The second kappa shape index (κ2) is 10.0. The maximum atomic E-state index is 13.9. The highest BCUT2D eigenvalue weighted by molar-refractivity contribution is 8.00. The molecule has 0 aliphatic carbocycles. The fourth-order valence-corrected chi connectivity index (χ4v) is 4.51. The van der Waals surface area contributed by atoms with Gasteiger partial charge in [0, 0.05) is 24.7 Å². The summed E-state index contributed by atoms with van der Waals surface area (Å²) in [5, 5.41) is 11.2. The minimum absolute atomic E-state index is 0.108. The molecule has 0 radical (unpaired) electrons. The van der Waals surface area contributed by atoms with E-state index in [1.54, 1.807) is 11.8 Å². The van der Waals surface area contributed by atoms with Gasteiger partial charge in [-0.2, -0.15) is 0 Å². The molecule has 0 fully saturated rings. The van der Waals surface area contributed by atoms with E-state index in [2.05, 4.69) is 44.8 Å². The number of aromatic nitrogens is 3. The lowest BCUT2D eigenvalue weighted by molar-refractivity contribution is -0.116. The highest BCUT2D eigenvalue weighted by atomic mass is 32.2. The first-order chi connectivity index (χ1) is 15.5. The van der Waals surface area contributed by atoms with E-state index in [1.807, 2.05) is 6.92 Å². The molecule has 10 heteroatoms. The maximum Gasteiger partial charge on any atom is 0.226 e. The number of halogens is 2. The zero-order chi connectivity index (χ0) is 22.5. The van der Waals surface area contributed by atoms with E-state index in [-0.39, 0.29) is 36.0 Å². The van der Waals surface area contributed by atoms with E-state index >= 15 is 0 Å². The number of amides is 1. The molecule has 0 saturated carbocycles. The van der Waals surface area contributed by atoms with E-state index in [9.17, 15) is 13.6 Å². The Labute approximate surface area is 191 Å². The van der Waals surface area contributed by atoms with E-state index in [1.165, 1.54) is 34.7 Å². The molecule has 1 N–H and O–H groups in total. The first kappa shape index (κ1) is 22.1. The molecule has 0 unspecified atom stereocenters. The Hall–Kier alpha value is -3.11. The number of anilines is 1. The molecule has 1 amide bonds. The van der Waals surface area contributed by atoms with Gasteiger partial charge in [0.2, 0.25) is 11.0 Å². The summed E-state index contributed by atoms with van der Waals surface area (Å²) in [6.07, 6.45) is 1.69. The van der Waals surface area contributed by atoms with Crippen LogP contribution >= 0.6 is 23.1 Å². The van der Waals surface area contributed by atoms with Crippen LogP contribution in [0.3, 0.4) is 0 Å². The summed E-state index contributed by atoms with van der Waals surface area (Å²) >= 11 is 2.86. The third kappa shape index (κ3) is 5.77. The minimum Gasteiger partial charge on any atom is -0.441 e. The number of carbonyl (C=O) groups is 1. The third-order valence-corrected chi connectivity index (χ3v) is 6.49. The van der Waals surface area contributed by atoms with Crippen LogP contribution in [0.1, 0.15) is 23.4 Å². The first-order valence-corrected chi connectivity index (χ1v) is 11.5. The number of hydrogen-bond donors (Lipinski definition) is 1. The summed E-state index contributed by atoms with van der Waals surface area (Å²) in [4.78, 5) is 16.3. The molecule has 6 nitrogen and oxygen atoms in total. The predicted molar refractivity (Wildman–Crippen MR) is 119 cm³/mol. The van der Waals surface area contributed by atoms with Gasteiger partial charge in [0.05, 0.1) is 11.8 Å². The third-order valence-electron chi connectivity index (χ3n) is 4.45. The van der Waals surface area contributed by atoms with Crippen molar-refractivity contribution < 1.29 is 18.0 Å². The molecule has 0 aliphatic heterocycles. The van der Waals surface area contributed by atoms with Crippen molar-refractivity contribution in [2.45, 2.75) is 29.9 Å². The number of nitrogens with zero attached hydrogens (tertiary/aromatic N) is 3. The smallest absolute Gasteiger partial charge is 0.226 e. The van der Waals surface area contributed by atoms with Gasteiger partial charge in [-0.3, -0.25) is 4.79 Å². The lowest BCUT2D eigenvalue weighted by Gasteiger charge is -2.00. The van der Waals surface area contributed by atoms with Crippen molar-refractivity contribution >= 4 is 34.1 Å². The topological polar surface area (TPSA) is 80.9 Å². The summed E-state index contributed by atoms with van der Waals surface area (Å²) in [6.45, 7) is 2.04. The fraction of sp³-hybridized carbons (Fsp3) is 0.182. The average Bonchev–Trinajstić information content (AvgIpc) is 3.41. The van der Waals surface area contributed by atoms with Crippen molar-refractivity contribution in [3.05, 3.63) is 77.3 Å². The summed E-state index contributed by atoms with van der Waals surface area (Å²) in [7, 11) is 0. The van der Waals surface area contributed by atoms with Crippen LogP contribution in [-0.2, 0) is 17.0 Å². The van der Waals surface area contributed by atoms with Crippen molar-refractivity contribution in [1.29, 1.82) is 0 Å². The Balaban J connectivity index is 1.26. The number of oxazole rings is 1. The SMILES string of the molecule is Cc1ccc(CSc2nnc(NC(=O)CCc3ncc(-c4ccc(F)cc4F)o3)s2)cc1. The number of hydrogen-bond acceptors (Lipinski definition) is 7. The molecular formula is C22H18F2N4O2S2. The van der Waals surface area contributed by atoms with Crippen LogP contribution in [0.25, 0.3) is 11.3 Å². The highest BCUT2D eigenvalue weighted by Gasteiger charge is 2.14. The van der Waals surface area contributed by atoms with Crippen LogP contribution in [0, 0.1) is 18.6 Å². The van der Waals surface area contributed by atoms with Crippen LogP contribution in [0.15, 0.2) is 57.4 Å². The summed E-state index contributed by atoms with van der Waals surface area (Å²) in [5.41, 5.74) is 2.51. The van der Waals surface area contributed by atoms with Crippen molar-refractivity contribution in [1.82, 2.24) is 15.2 Å². The molecule has 4 rings (SSSR count). The Kier molecular flexibility index (Phi) is 6.91. The monoisotopic (exact) mass is 472 g/mol. The van der Waals surface area contributed by atoms with Gasteiger partial charge >= 0.3 is 0 Å². The fourth-order valence-electron chi connectivity index (χ4n) is 2.79. The van der Waals surface area contributed by atoms with Gasteiger partial charge in [0.25, 0.3) is 0 Å². The van der Waals surface area contributed by atoms with Crippen LogP contribution in [-0.4, -0.2) is 21.1 Å². The molecule has 0 bridgehead atoms. The lowest BCUT2D eigenvalue weighted by atomic mass is 10.2. The molecule has 0 spiro atoms. The number of rotatable bonds is 8. The van der Waals surface area contributed by atoms with Gasteiger partial charge in [-0.15, -0.1) is 10.2 Å². The average molecular weight is 473 g/mol. The largest absolute Gasteiger partial charge is 0.441 e. The summed E-state index contributed by atoms with van der Waals surface area (Å²) < 4.78 is 33.2. The predicted octanol–water partition coefficient (Wildman–Crippen LogP) is 5.64. The number of benzene rings is 2. The van der Waals surface area contributed by atoms with Crippen molar-refractivity contribution in [2.24, 2.45) is 0 Å². The van der Waals surface area contributed by atoms with Gasteiger partial charge < -0.3 is 9.73 Å². The zero-order valence-electron chi connectivity index (χ0n) is 17.0. The molecular weight excluding hydrogens is 454 g/mol. The van der Waals surface area contributed by atoms with Crippen molar-refractivity contribution in [2.75, 3.05) is 5.32 Å². The zero-order valence-corrected chi connectivity index (χ0v) is 18.6. The molecule has 0 saturated heterocycles. The quantitative estimate of drug-likeness (QED) is 0.264. The number of thioether (sulfide) groups is 1. The van der Waals surface area contributed by atoms with E-state index in [0.717, 1.165) is 22.2 Å². The van der Waals surface area contributed by atoms with E-state index in [0.29, 0.717) is 5.13 Å². The Morgan fingerprint density at radius 2 is 1.97 bits per heavy atom. The standard InChI is InChI=1S/C22H18F2N4O2S2/c1-13-2-4-14(5-3-13)12-31-22-28-27-21(32-22)26-19(29)8-9-20-25-11-18(30-20)16-7-6-15(23)10-17(16)24/h2-7,10-11H,8-9,12H2,1H3,(H,26,27,29). The molecule has 2 aromatic heterocycles. The van der Waals surface area contributed by atoms with E-state index in [4.69, 9.17) is 4.42 Å². The summed E-state index contributed by atoms with van der Waals surface area (Å²) in [5.74, 6) is -0.440. The van der Waals surface area contributed by atoms with Crippen LogP contribution in [0.4, 0.5) is 13.9 Å². The second-order valence-electron chi connectivity index (χ2n) is 6.94. The van der Waals surface area contributed by atoms with Crippen molar-refractivity contribution in [3.8, 4) is 11.3 Å². The van der Waals surface area contributed by atoms with Gasteiger partial charge in [-0.25, -0.2) is 13.8 Å². The Morgan fingerprint density at radius 1 is 1.16 bits per heavy atom. The number of carbonyl (C=O) groups excluding carboxylic acids is 1. The summed E-state index contributed by atoms with van der Waals surface area (Å²) in [6, 6.07) is 11.5. The Bertz CT molecular complexity index is 1220. The highest BCUT2D eigenvalue weighted by Crippen LogP contribution is 2.29. The van der Waals surface area contributed by atoms with Crippen molar-refractivity contribution in [3.63, 3.8) is 0 Å². The van der Waals surface area contributed by atoms with Crippen LogP contribution in [0.5, 0.6) is 0 Å². The van der Waals surface area contributed by atoms with Gasteiger partial charge in [0.1, 0.15) is 11.6 Å². The number of aryl methyl sites for hydroxylation is 2. The normalized spacial score (nSPS) is 11.0. The molecule has 0 aliphatic rings. The van der Waals surface area contributed by atoms with E-state index < -0.39 is 11.6 Å². The molecule has 0 atom stereocenters. The molecule has 164 valence electrons. The lowest BCUT2D eigenvalue weighted by Crippen LogP contribution is -2.12. The number of nitrogens with one attached hydrogen (secondary N) is 1.